The lowest BCUT2D eigenvalue weighted by Gasteiger charge is -2.14. The van der Waals surface area contributed by atoms with Gasteiger partial charge in [-0.25, -0.2) is 9.59 Å². The number of hydrogen-bond donors (Lipinski definition) is 0. The topological polar surface area (TPSA) is 52.6 Å². The van der Waals surface area contributed by atoms with Crippen LogP contribution in [-0.2, 0) is 9.47 Å². The number of rotatable bonds is 16. The van der Waals surface area contributed by atoms with Gasteiger partial charge in [-0.3, -0.25) is 0 Å². The molecular formula is C32H50O4. The molecule has 36 heavy (non-hydrogen) atoms. The second-order valence-electron chi connectivity index (χ2n) is 10.9. The first-order valence-electron chi connectivity index (χ1n) is 14.6. The maximum atomic E-state index is 12.4. The van der Waals surface area contributed by atoms with Gasteiger partial charge in [-0.2, -0.15) is 0 Å². The van der Waals surface area contributed by atoms with Crippen molar-refractivity contribution in [1.29, 1.82) is 0 Å². The molecule has 4 nitrogen and oxygen atoms in total. The lowest BCUT2D eigenvalue weighted by molar-refractivity contribution is 0.0450. The highest BCUT2D eigenvalue weighted by atomic mass is 16.5. The Morgan fingerprint density at radius 1 is 0.778 bits per heavy atom. The van der Waals surface area contributed by atoms with Crippen LogP contribution in [0.4, 0.5) is 0 Å². The highest BCUT2D eigenvalue weighted by Crippen LogP contribution is 2.48. The molecular weight excluding hydrogens is 448 g/mol. The van der Waals surface area contributed by atoms with Crippen molar-refractivity contribution in [3.05, 3.63) is 47.5 Å². The van der Waals surface area contributed by atoms with Gasteiger partial charge in [0.1, 0.15) is 0 Å². The van der Waals surface area contributed by atoms with E-state index in [1.807, 2.05) is 0 Å². The monoisotopic (exact) mass is 498 g/mol. The normalized spacial score (nSPS) is 19.6. The van der Waals surface area contributed by atoms with E-state index >= 15 is 0 Å². The zero-order valence-electron chi connectivity index (χ0n) is 23.2. The van der Waals surface area contributed by atoms with Gasteiger partial charge < -0.3 is 9.47 Å². The average Bonchev–Trinajstić information content (AvgIpc) is 3.46. The lowest BCUT2D eigenvalue weighted by atomic mass is 9.91. The molecule has 0 N–H and O–H groups in total. The summed E-state index contributed by atoms with van der Waals surface area (Å²) in [4.78, 5) is 24.7. The van der Waals surface area contributed by atoms with Gasteiger partial charge in [0.05, 0.1) is 24.3 Å². The molecule has 2 aliphatic rings. The summed E-state index contributed by atoms with van der Waals surface area (Å²) >= 11 is 0. The van der Waals surface area contributed by atoms with Gasteiger partial charge in [0, 0.05) is 0 Å². The van der Waals surface area contributed by atoms with Crippen LogP contribution in [0, 0.1) is 11.3 Å². The van der Waals surface area contributed by atoms with Gasteiger partial charge in [-0.15, -0.1) is 0 Å². The highest BCUT2D eigenvalue weighted by Gasteiger charge is 2.36. The van der Waals surface area contributed by atoms with Crippen molar-refractivity contribution in [3.8, 4) is 0 Å². The molecule has 2 atom stereocenters. The first kappa shape index (κ1) is 30.1. The van der Waals surface area contributed by atoms with Crippen molar-refractivity contribution in [2.45, 2.75) is 117 Å². The minimum absolute atomic E-state index is 0.293. The number of hydrogen-bond acceptors (Lipinski definition) is 4. The van der Waals surface area contributed by atoms with E-state index in [0.29, 0.717) is 29.8 Å². The van der Waals surface area contributed by atoms with Gasteiger partial charge in [0.25, 0.3) is 0 Å². The number of benzene rings is 1. The summed E-state index contributed by atoms with van der Waals surface area (Å²) in [6.45, 7) is 7.55. The molecule has 1 aromatic carbocycles. The Hall–Kier alpha value is -2.10. The summed E-state index contributed by atoms with van der Waals surface area (Å²) < 4.78 is 10.7. The van der Waals surface area contributed by atoms with E-state index in [1.165, 1.54) is 70.6 Å². The van der Waals surface area contributed by atoms with Gasteiger partial charge in [0.2, 0.25) is 0 Å². The minimum Gasteiger partial charge on any atom is -0.462 e. The van der Waals surface area contributed by atoms with Crippen LogP contribution in [0.3, 0.4) is 0 Å². The van der Waals surface area contributed by atoms with Crippen LogP contribution in [0.2, 0.25) is 0 Å². The second-order valence-corrected chi connectivity index (χ2v) is 10.9. The molecule has 1 aromatic rings. The van der Waals surface area contributed by atoms with Gasteiger partial charge in [-0.1, -0.05) is 109 Å². The first-order valence-corrected chi connectivity index (χ1v) is 14.6. The van der Waals surface area contributed by atoms with Gasteiger partial charge in [0.15, 0.2) is 0 Å². The van der Waals surface area contributed by atoms with Crippen molar-refractivity contribution in [1.82, 2.24) is 0 Å². The molecule has 0 radical (unpaired) electrons. The second kappa shape index (κ2) is 17.4. The number of unbranched alkanes of at least 4 members (excludes halogenated alkanes) is 10. The van der Waals surface area contributed by atoms with E-state index in [0.717, 1.165) is 31.6 Å². The number of fused-ring (bicyclic) bond motifs is 2. The van der Waals surface area contributed by atoms with Crippen LogP contribution in [0.1, 0.15) is 138 Å². The predicted octanol–water partition coefficient (Wildman–Crippen LogP) is 9.08. The summed E-state index contributed by atoms with van der Waals surface area (Å²) in [5.41, 5.74) is 1.22. The van der Waals surface area contributed by atoms with Crippen LogP contribution >= 0.6 is 0 Å². The van der Waals surface area contributed by atoms with Gasteiger partial charge >= 0.3 is 11.9 Å². The van der Waals surface area contributed by atoms with E-state index in [9.17, 15) is 9.59 Å². The third kappa shape index (κ3) is 11.3. The lowest BCUT2D eigenvalue weighted by Crippen LogP contribution is -2.15. The molecule has 202 valence electrons. The molecule has 0 amide bonds. The molecule has 0 saturated heterocycles. The molecule has 3 rings (SSSR count). The fourth-order valence-electron chi connectivity index (χ4n) is 5.09. The Kier molecular flexibility index (Phi) is 14.5. The molecule has 2 aliphatic carbocycles. The SMILES string of the molecule is CC12C=CC(CC1)C2.CCCCCCCCOC(=O)c1ccccc1C(=O)OCCCCCCCC. The smallest absolute Gasteiger partial charge is 0.339 e. The summed E-state index contributed by atoms with van der Waals surface area (Å²) in [6.07, 6.45) is 22.8. The zero-order chi connectivity index (χ0) is 26.1. The largest absolute Gasteiger partial charge is 0.462 e. The first-order chi connectivity index (χ1) is 17.5. The Morgan fingerprint density at radius 2 is 1.25 bits per heavy atom. The van der Waals surface area contributed by atoms with E-state index in [4.69, 9.17) is 9.47 Å². The van der Waals surface area contributed by atoms with Gasteiger partial charge in [-0.05, 0) is 55.6 Å². The fraction of sp³-hybridized carbons (Fsp3) is 0.688. The summed E-state index contributed by atoms with van der Waals surface area (Å²) in [5, 5.41) is 0. The number of allylic oxidation sites excluding steroid dienone is 2. The average molecular weight is 499 g/mol. The Balaban J connectivity index is 0.000000471. The number of ether oxygens (including phenoxy) is 2. The van der Waals surface area contributed by atoms with Crippen LogP contribution in [0.25, 0.3) is 0 Å². The molecule has 1 saturated carbocycles. The predicted molar refractivity (Wildman–Crippen MR) is 148 cm³/mol. The molecule has 0 aliphatic heterocycles. The standard InChI is InChI=1S/C24H38O4.C8H12/c1-3-5-7-9-11-15-19-27-23(25)21-17-13-14-18-22(21)24(26)28-20-16-12-10-8-6-4-2;1-8-4-2-7(6-8)3-5-8/h13-14,17-18H,3-12,15-16,19-20H2,1-2H3;2,4,7H,3,5-6H2,1H3. The Morgan fingerprint density at radius 3 is 1.58 bits per heavy atom. The minimum atomic E-state index is -0.444. The number of carbonyl (C=O) groups is 2. The van der Waals surface area contributed by atoms with Crippen LogP contribution < -0.4 is 0 Å². The molecule has 4 heteroatoms. The van der Waals surface area contributed by atoms with Crippen molar-refractivity contribution < 1.29 is 19.1 Å². The van der Waals surface area contributed by atoms with E-state index in [2.05, 4.69) is 32.9 Å². The maximum absolute atomic E-state index is 12.4. The van der Waals surface area contributed by atoms with Crippen molar-refractivity contribution >= 4 is 11.9 Å². The zero-order valence-corrected chi connectivity index (χ0v) is 23.2. The third-order valence-electron chi connectivity index (χ3n) is 7.41. The summed E-state index contributed by atoms with van der Waals surface area (Å²) in [6, 6.07) is 6.74. The Labute approximate surface area is 220 Å². The van der Waals surface area contributed by atoms with Crippen LogP contribution in [-0.4, -0.2) is 25.2 Å². The molecule has 2 bridgehead atoms. The quantitative estimate of drug-likeness (QED) is 0.130. The van der Waals surface area contributed by atoms with Crippen LogP contribution in [0.15, 0.2) is 36.4 Å². The summed E-state index contributed by atoms with van der Waals surface area (Å²) in [7, 11) is 0. The van der Waals surface area contributed by atoms with Crippen molar-refractivity contribution in [2.75, 3.05) is 13.2 Å². The maximum Gasteiger partial charge on any atom is 0.339 e. The Bertz CT molecular complexity index is 750. The van der Waals surface area contributed by atoms with E-state index in [1.54, 1.807) is 24.3 Å². The van der Waals surface area contributed by atoms with E-state index < -0.39 is 11.9 Å². The molecule has 0 aromatic heterocycles. The number of esters is 2. The molecule has 2 unspecified atom stereocenters. The van der Waals surface area contributed by atoms with E-state index in [-0.39, 0.29) is 0 Å². The molecule has 1 fully saturated rings. The number of carbonyl (C=O) groups excluding carboxylic acids is 2. The molecule has 0 heterocycles. The highest BCUT2D eigenvalue weighted by molar-refractivity contribution is 6.03. The third-order valence-corrected chi connectivity index (χ3v) is 7.41. The molecule has 0 spiro atoms. The van der Waals surface area contributed by atoms with Crippen molar-refractivity contribution in [3.63, 3.8) is 0 Å². The van der Waals surface area contributed by atoms with Crippen LogP contribution in [0.5, 0.6) is 0 Å². The fourth-order valence-corrected chi connectivity index (χ4v) is 5.09. The summed E-state index contributed by atoms with van der Waals surface area (Å²) in [5.74, 6) is 0.0707. The van der Waals surface area contributed by atoms with Crippen molar-refractivity contribution in [2.24, 2.45) is 11.3 Å².